The Kier molecular flexibility index (Phi) is 14.5. The van der Waals surface area contributed by atoms with Crippen LogP contribution >= 0.6 is 0 Å². The largest absolute Gasteiger partial charge is 0.344 e. The zero-order valence-corrected chi connectivity index (χ0v) is 36.7. The second-order valence-corrected chi connectivity index (χ2v) is 16.0. The van der Waals surface area contributed by atoms with Gasteiger partial charge >= 0.3 is 0 Å². The van der Waals surface area contributed by atoms with Gasteiger partial charge in [-0.15, -0.1) is 6.58 Å². The van der Waals surface area contributed by atoms with Crippen molar-refractivity contribution in [2.75, 3.05) is 7.05 Å². The third kappa shape index (κ3) is 9.05. The molecule has 0 aliphatic heterocycles. The smallest absolute Gasteiger partial charge is 0.0551 e. The highest BCUT2D eigenvalue weighted by Gasteiger charge is 2.29. The number of aromatic nitrogens is 1. The van der Waals surface area contributed by atoms with Gasteiger partial charge in [-0.3, -0.25) is 0 Å². The van der Waals surface area contributed by atoms with Crippen molar-refractivity contribution in [3.63, 3.8) is 0 Å². The van der Waals surface area contributed by atoms with Crippen molar-refractivity contribution in [1.29, 1.82) is 0 Å². The lowest BCUT2D eigenvalue weighted by molar-refractivity contribution is 0.420. The number of fused-ring (bicyclic) bond motifs is 5. The summed E-state index contributed by atoms with van der Waals surface area (Å²) >= 11 is 0. The first-order valence-corrected chi connectivity index (χ1v) is 22.5. The van der Waals surface area contributed by atoms with Gasteiger partial charge in [-0.25, -0.2) is 0 Å². The van der Waals surface area contributed by atoms with Crippen molar-refractivity contribution in [1.82, 2.24) is 4.57 Å². The van der Waals surface area contributed by atoms with Crippen molar-refractivity contribution in [2.24, 2.45) is 11.5 Å². The molecule has 0 atom stereocenters. The minimum atomic E-state index is -0.0163. The zero-order chi connectivity index (χ0) is 42.7. The van der Waals surface area contributed by atoms with Crippen molar-refractivity contribution in [2.45, 2.75) is 84.2 Å². The lowest BCUT2D eigenvalue weighted by Gasteiger charge is -2.30. The highest BCUT2D eigenvalue weighted by Crippen LogP contribution is 2.47. The van der Waals surface area contributed by atoms with Crippen LogP contribution in [-0.2, 0) is 25.8 Å². The molecule has 3 aliphatic rings. The summed E-state index contributed by atoms with van der Waals surface area (Å²) in [5.41, 5.74) is 32.9. The van der Waals surface area contributed by atoms with Crippen LogP contribution < -0.4 is 11.5 Å². The molecule has 0 saturated heterocycles. The van der Waals surface area contributed by atoms with Crippen LogP contribution in [0.2, 0.25) is 0 Å². The Labute approximate surface area is 365 Å². The Morgan fingerprint density at radius 1 is 0.623 bits per heavy atom. The number of nitrogens with two attached hydrogens (primary N) is 2. The quantitative estimate of drug-likeness (QED) is 0.150. The predicted octanol–water partition coefficient (Wildman–Crippen LogP) is 14.2. The monoisotopic (exact) mass is 802 g/mol. The number of rotatable bonds is 8. The van der Waals surface area contributed by atoms with Crippen LogP contribution in [0.25, 0.3) is 45.0 Å². The van der Waals surface area contributed by atoms with Gasteiger partial charge in [0, 0.05) is 29.1 Å². The van der Waals surface area contributed by atoms with E-state index in [-0.39, 0.29) is 6.04 Å². The van der Waals surface area contributed by atoms with Gasteiger partial charge < -0.3 is 16.0 Å². The zero-order valence-electron chi connectivity index (χ0n) is 36.7. The highest BCUT2D eigenvalue weighted by molar-refractivity contribution is 5.94. The van der Waals surface area contributed by atoms with E-state index in [4.69, 9.17) is 5.73 Å². The fourth-order valence-corrected chi connectivity index (χ4v) is 9.46. The molecule has 3 nitrogen and oxygen atoms in total. The molecule has 0 amide bonds. The number of aryl methyl sites for hydroxylation is 2. The number of benzene rings is 6. The molecule has 6 aromatic carbocycles. The Balaban J connectivity index is 0.000000262. The molecular formula is C58H63N3. The number of nitrogens with zero attached hydrogens (tertiary/aromatic N) is 1. The maximum Gasteiger partial charge on any atom is 0.0551 e. The van der Waals surface area contributed by atoms with Gasteiger partial charge in [0.2, 0.25) is 0 Å². The molecule has 1 aromatic heterocycles. The molecule has 0 radical (unpaired) electrons. The van der Waals surface area contributed by atoms with Gasteiger partial charge in [-0.05, 0) is 137 Å². The molecule has 1 heterocycles. The summed E-state index contributed by atoms with van der Waals surface area (Å²) in [4.78, 5) is 0. The molecule has 1 saturated carbocycles. The van der Waals surface area contributed by atoms with E-state index in [1.165, 1.54) is 104 Å². The molecule has 10 rings (SSSR count). The van der Waals surface area contributed by atoms with Crippen LogP contribution in [0.15, 0.2) is 164 Å². The molecule has 7 aromatic rings. The second-order valence-electron chi connectivity index (χ2n) is 16.0. The van der Waals surface area contributed by atoms with Gasteiger partial charge in [0.05, 0.1) is 6.04 Å². The fourth-order valence-electron chi connectivity index (χ4n) is 9.46. The first-order chi connectivity index (χ1) is 30.1. The van der Waals surface area contributed by atoms with Gasteiger partial charge in [-0.2, -0.15) is 0 Å². The predicted molar refractivity (Wildman–Crippen MR) is 263 cm³/mol. The van der Waals surface area contributed by atoms with Crippen molar-refractivity contribution >= 4 is 11.6 Å². The number of hydrogen-bond donors (Lipinski definition) is 2. The van der Waals surface area contributed by atoms with E-state index in [1.54, 1.807) is 0 Å². The Bertz CT molecular complexity index is 2530. The number of hydrogen-bond acceptors (Lipinski definition) is 2. The van der Waals surface area contributed by atoms with Crippen LogP contribution in [0.3, 0.4) is 0 Å². The van der Waals surface area contributed by atoms with Gasteiger partial charge in [0.15, 0.2) is 0 Å². The van der Waals surface area contributed by atoms with E-state index in [0.717, 1.165) is 43.4 Å². The van der Waals surface area contributed by atoms with E-state index < -0.39 is 0 Å². The molecule has 310 valence electrons. The highest BCUT2D eigenvalue weighted by atomic mass is 15.0. The lowest BCUT2D eigenvalue weighted by atomic mass is 9.75. The van der Waals surface area contributed by atoms with Crippen LogP contribution in [-0.4, -0.2) is 11.6 Å². The molecule has 0 bridgehead atoms. The van der Waals surface area contributed by atoms with Crippen LogP contribution in [0.4, 0.5) is 0 Å². The van der Waals surface area contributed by atoms with Gasteiger partial charge in [-0.1, -0.05) is 172 Å². The minimum absolute atomic E-state index is 0.0163. The second kappa shape index (κ2) is 20.5. The van der Waals surface area contributed by atoms with Gasteiger partial charge in [0.1, 0.15) is 0 Å². The molecule has 4 N–H and O–H groups in total. The number of allylic oxidation sites excluding steroid dienone is 2. The summed E-state index contributed by atoms with van der Waals surface area (Å²) in [5, 5.41) is 0. The summed E-state index contributed by atoms with van der Waals surface area (Å²) in [6.07, 6.45) is 12.9. The molecule has 0 spiro atoms. The third-order valence-electron chi connectivity index (χ3n) is 12.6. The van der Waals surface area contributed by atoms with E-state index >= 15 is 0 Å². The van der Waals surface area contributed by atoms with E-state index in [0.29, 0.717) is 5.92 Å². The van der Waals surface area contributed by atoms with Crippen LogP contribution in [0.5, 0.6) is 0 Å². The molecular weight excluding hydrogens is 739 g/mol. The fraction of sp³-hybridized carbons (Fsp3) is 0.241. The molecule has 3 aliphatic carbocycles. The van der Waals surface area contributed by atoms with Crippen molar-refractivity contribution in [3.8, 4) is 33.4 Å². The molecule has 61 heavy (non-hydrogen) atoms. The maximum atomic E-state index is 6.12. The van der Waals surface area contributed by atoms with Crippen molar-refractivity contribution in [3.05, 3.63) is 215 Å². The molecule has 0 unspecified atom stereocenters. The standard InChI is InChI=1S/C42H39N.C13H13N.C2H6.CH5N/c1-3-25-43-39-23-22-32(27-38(39)42-36-18-7-5-12-30(36)21-24-40(42)43)31-15-9-16-33(26-31)37-20-10-19-35(29-13-8-14-29)41(37)34-17-6-4-11-28(34)2;14-13(11-7-3-1-4-8-11)12-9-5-2-6-10-12;2*1-2/h3-7,9-12,15-20,26-27,29H,1,8,13-14,21-25H2,2H3;1-10,13H,14H2;1-2H3;2H2,1H3. The first kappa shape index (κ1) is 43.1. The normalized spacial score (nSPS) is 13.6. The average Bonchev–Trinajstić information content (AvgIpc) is 3.63. The minimum Gasteiger partial charge on any atom is -0.344 e. The molecule has 3 heteroatoms. The van der Waals surface area contributed by atoms with Crippen LogP contribution in [0.1, 0.15) is 102 Å². The summed E-state index contributed by atoms with van der Waals surface area (Å²) < 4.78 is 2.57. The SMILES string of the molecule is C=CCn1c2c(c3c1CCc1ccccc1-3)C=C(c1cccc(-c3cccc(C4CCC4)c3-c3ccccc3C)c1)CC2.CC.CN.NC(c1ccccc1)c1ccccc1. The Hall–Kier alpha value is -6.00. The Morgan fingerprint density at radius 3 is 1.87 bits per heavy atom. The summed E-state index contributed by atoms with van der Waals surface area (Å²) in [6, 6.07) is 54.6. The maximum absolute atomic E-state index is 6.12. The van der Waals surface area contributed by atoms with Crippen LogP contribution in [0, 0.1) is 6.92 Å². The van der Waals surface area contributed by atoms with Crippen molar-refractivity contribution < 1.29 is 0 Å². The van der Waals surface area contributed by atoms with Gasteiger partial charge in [0.25, 0.3) is 0 Å². The summed E-state index contributed by atoms with van der Waals surface area (Å²) in [7, 11) is 1.50. The summed E-state index contributed by atoms with van der Waals surface area (Å²) in [6.45, 7) is 11.2. The van der Waals surface area contributed by atoms with E-state index in [1.807, 2.05) is 50.2 Å². The molecule has 1 fully saturated rings. The summed E-state index contributed by atoms with van der Waals surface area (Å²) in [5.74, 6) is 0.672. The average molecular weight is 802 g/mol. The van der Waals surface area contributed by atoms with E-state index in [2.05, 4.69) is 151 Å². The van der Waals surface area contributed by atoms with E-state index in [9.17, 15) is 0 Å². The topological polar surface area (TPSA) is 57.0 Å². The third-order valence-corrected chi connectivity index (χ3v) is 12.6. The first-order valence-electron chi connectivity index (χ1n) is 22.5. The Morgan fingerprint density at radius 2 is 1.21 bits per heavy atom. The lowest BCUT2D eigenvalue weighted by Crippen LogP contribution is -2.11.